The Morgan fingerprint density at radius 2 is 2.18 bits per heavy atom. The molecule has 5 heteroatoms. The number of para-hydroxylation sites is 1. The molecule has 0 N–H and O–H groups in total. The first-order valence-corrected chi connectivity index (χ1v) is 5.72. The number of aliphatic imine (C=N–C) groups is 1. The van der Waals surface area contributed by atoms with Crippen LogP contribution in [0.1, 0.15) is 19.8 Å². The Balaban J connectivity index is 3.01. The van der Waals surface area contributed by atoms with E-state index in [1.165, 1.54) is 11.0 Å². The molecular formula is C12H13ClN2O2. The maximum atomic E-state index is 11.6. The first-order chi connectivity index (χ1) is 8.20. The van der Waals surface area contributed by atoms with Crippen LogP contribution in [0.4, 0.5) is 10.5 Å². The van der Waals surface area contributed by atoms with Gasteiger partial charge in [-0.2, -0.15) is 0 Å². The molecule has 0 saturated heterocycles. The summed E-state index contributed by atoms with van der Waals surface area (Å²) in [5.74, 6) is 0. The van der Waals surface area contributed by atoms with Crippen molar-refractivity contribution in [3.05, 3.63) is 29.3 Å². The van der Waals surface area contributed by atoms with Crippen molar-refractivity contribution >= 4 is 29.4 Å². The topological polar surface area (TPSA) is 49.7 Å². The van der Waals surface area contributed by atoms with E-state index in [0.29, 0.717) is 17.3 Å². The molecule has 0 aliphatic heterocycles. The fraction of sp³-hybridized carbons (Fsp3) is 0.333. The lowest BCUT2D eigenvalue weighted by Crippen LogP contribution is -2.29. The van der Waals surface area contributed by atoms with Gasteiger partial charge in [-0.25, -0.2) is 9.59 Å². The van der Waals surface area contributed by atoms with E-state index in [4.69, 9.17) is 11.6 Å². The van der Waals surface area contributed by atoms with E-state index in [0.717, 1.165) is 12.8 Å². The number of halogens is 1. The lowest BCUT2D eigenvalue weighted by molar-refractivity contribution is 0.254. The molecule has 0 unspecified atom stereocenters. The van der Waals surface area contributed by atoms with Crippen LogP contribution < -0.4 is 4.90 Å². The lowest BCUT2D eigenvalue weighted by atomic mass is 10.2. The summed E-state index contributed by atoms with van der Waals surface area (Å²) in [4.78, 5) is 26.3. The number of amides is 2. The number of anilines is 1. The maximum absolute atomic E-state index is 11.6. The minimum absolute atomic E-state index is 0.457. The highest BCUT2D eigenvalue weighted by atomic mass is 35.5. The van der Waals surface area contributed by atoms with Crippen LogP contribution in [0, 0.1) is 0 Å². The average molecular weight is 253 g/mol. The van der Waals surface area contributed by atoms with Gasteiger partial charge in [0.05, 0.1) is 10.7 Å². The van der Waals surface area contributed by atoms with E-state index < -0.39 is 6.03 Å². The molecule has 17 heavy (non-hydrogen) atoms. The normalized spacial score (nSPS) is 9.53. The number of rotatable bonds is 4. The number of nitrogens with zero attached hydrogens (tertiary/aromatic N) is 2. The molecule has 1 rings (SSSR count). The summed E-state index contributed by atoms with van der Waals surface area (Å²) in [6.45, 7) is 2.49. The molecule has 0 saturated carbocycles. The van der Waals surface area contributed by atoms with Gasteiger partial charge in [-0.1, -0.05) is 37.1 Å². The van der Waals surface area contributed by atoms with Crippen LogP contribution in [-0.2, 0) is 4.79 Å². The number of isocyanates is 1. The fourth-order valence-corrected chi connectivity index (χ4v) is 1.64. The number of unbranched alkanes of at least 4 members (excludes halogenated alkanes) is 1. The van der Waals surface area contributed by atoms with Gasteiger partial charge in [-0.05, 0) is 18.6 Å². The SMILES string of the molecule is CCCCN(C(=O)N=C=O)c1ccccc1Cl. The Morgan fingerprint density at radius 1 is 1.47 bits per heavy atom. The van der Waals surface area contributed by atoms with Crippen LogP contribution in [0.15, 0.2) is 29.3 Å². The summed E-state index contributed by atoms with van der Waals surface area (Å²) in [6, 6.07) is 6.32. The lowest BCUT2D eigenvalue weighted by Gasteiger charge is -2.20. The highest BCUT2D eigenvalue weighted by Crippen LogP contribution is 2.26. The zero-order chi connectivity index (χ0) is 12.7. The van der Waals surface area contributed by atoms with E-state index in [-0.39, 0.29) is 0 Å². The van der Waals surface area contributed by atoms with Gasteiger partial charge < -0.3 is 0 Å². The third-order valence-corrected chi connectivity index (χ3v) is 2.57. The molecule has 90 valence electrons. The zero-order valence-corrected chi connectivity index (χ0v) is 10.3. The Labute approximate surface area is 105 Å². The number of benzene rings is 1. The Hall–Kier alpha value is -1.64. The van der Waals surface area contributed by atoms with Gasteiger partial charge in [-0.3, -0.25) is 4.90 Å². The Kier molecular flexibility index (Phi) is 5.40. The number of carbonyl (C=O) groups is 1. The van der Waals surface area contributed by atoms with Crippen molar-refractivity contribution in [2.45, 2.75) is 19.8 Å². The molecule has 0 spiro atoms. The molecule has 0 fully saturated rings. The van der Waals surface area contributed by atoms with Gasteiger partial charge in [0.2, 0.25) is 6.08 Å². The summed E-state index contributed by atoms with van der Waals surface area (Å²) < 4.78 is 0. The molecule has 2 amide bonds. The Morgan fingerprint density at radius 3 is 2.76 bits per heavy atom. The van der Waals surface area contributed by atoms with E-state index in [9.17, 15) is 9.59 Å². The van der Waals surface area contributed by atoms with Gasteiger partial charge in [0.1, 0.15) is 0 Å². The number of urea groups is 1. The maximum Gasteiger partial charge on any atom is 0.358 e. The van der Waals surface area contributed by atoms with Gasteiger partial charge >= 0.3 is 6.03 Å². The minimum atomic E-state index is -0.637. The predicted molar refractivity (Wildman–Crippen MR) is 67.2 cm³/mol. The van der Waals surface area contributed by atoms with Crippen LogP contribution in [0.5, 0.6) is 0 Å². The smallest absolute Gasteiger partial charge is 0.290 e. The van der Waals surface area contributed by atoms with Gasteiger partial charge in [-0.15, -0.1) is 4.99 Å². The van der Waals surface area contributed by atoms with Crippen LogP contribution in [-0.4, -0.2) is 18.7 Å². The molecule has 1 aromatic carbocycles. The highest BCUT2D eigenvalue weighted by molar-refractivity contribution is 6.33. The molecule has 0 atom stereocenters. The first kappa shape index (κ1) is 13.4. The summed E-state index contributed by atoms with van der Waals surface area (Å²) in [5.41, 5.74) is 0.562. The van der Waals surface area contributed by atoms with Crippen LogP contribution >= 0.6 is 11.6 Å². The second-order valence-electron chi connectivity index (χ2n) is 3.44. The van der Waals surface area contributed by atoms with Crippen molar-refractivity contribution < 1.29 is 9.59 Å². The molecule has 0 aliphatic rings. The number of carbonyl (C=O) groups excluding carboxylic acids is 2. The molecule has 1 aromatic rings. The van der Waals surface area contributed by atoms with Crippen LogP contribution in [0.2, 0.25) is 5.02 Å². The molecule has 4 nitrogen and oxygen atoms in total. The molecule has 0 heterocycles. The standard InChI is InChI=1S/C12H13ClN2O2/c1-2-3-8-15(12(17)14-9-16)11-7-5-4-6-10(11)13/h4-7H,2-3,8H2,1H3. The van der Waals surface area contributed by atoms with E-state index in [2.05, 4.69) is 4.99 Å². The van der Waals surface area contributed by atoms with E-state index >= 15 is 0 Å². The molecular weight excluding hydrogens is 240 g/mol. The quantitative estimate of drug-likeness (QED) is 0.609. The molecule has 0 aromatic heterocycles. The minimum Gasteiger partial charge on any atom is -0.290 e. The molecule has 0 radical (unpaired) electrons. The third kappa shape index (κ3) is 3.70. The van der Waals surface area contributed by atoms with Crippen molar-refractivity contribution in [3.8, 4) is 0 Å². The summed E-state index contributed by atoms with van der Waals surface area (Å²) in [5, 5.41) is 0.457. The second-order valence-corrected chi connectivity index (χ2v) is 3.85. The van der Waals surface area contributed by atoms with E-state index in [1.54, 1.807) is 24.3 Å². The van der Waals surface area contributed by atoms with E-state index in [1.807, 2.05) is 6.92 Å². The fourth-order valence-electron chi connectivity index (χ4n) is 1.41. The zero-order valence-electron chi connectivity index (χ0n) is 9.52. The third-order valence-electron chi connectivity index (χ3n) is 2.25. The van der Waals surface area contributed by atoms with Crippen LogP contribution in [0.3, 0.4) is 0 Å². The number of hydrogen-bond donors (Lipinski definition) is 0. The van der Waals surface area contributed by atoms with Crippen molar-refractivity contribution in [2.75, 3.05) is 11.4 Å². The van der Waals surface area contributed by atoms with Crippen LogP contribution in [0.25, 0.3) is 0 Å². The monoisotopic (exact) mass is 252 g/mol. The van der Waals surface area contributed by atoms with Crippen molar-refractivity contribution in [1.82, 2.24) is 0 Å². The van der Waals surface area contributed by atoms with Crippen molar-refractivity contribution in [1.29, 1.82) is 0 Å². The summed E-state index contributed by atoms with van der Waals surface area (Å²) in [6.07, 6.45) is 2.99. The first-order valence-electron chi connectivity index (χ1n) is 5.34. The van der Waals surface area contributed by atoms with Gasteiger partial charge in [0.15, 0.2) is 0 Å². The summed E-state index contributed by atoms with van der Waals surface area (Å²) in [7, 11) is 0. The predicted octanol–water partition coefficient (Wildman–Crippen LogP) is 3.40. The molecule has 0 aliphatic carbocycles. The average Bonchev–Trinajstić information content (AvgIpc) is 2.32. The largest absolute Gasteiger partial charge is 0.358 e. The van der Waals surface area contributed by atoms with Crippen molar-refractivity contribution in [2.24, 2.45) is 4.99 Å². The van der Waals surface area contributed by atoms with Crippen molar-refractivity contribution in [3.63, 3.8) is 0 Å². The molecule has 0 bridgehead atoms. The highest BCUT2D eigenvalue weighted by Gasteiger charge is 2.16. The van der Waals surface area contributed by atoms with Gasteiger partial charge in [0.25, 0.3) is 0 Å². The summed E-state index contributed by atoms with van der Waals surface area (Å²) >= 11 is 6.01. The van der Waals surface area contributed by atoms with Gasteiger partial charge in [0, 0.05) is 6.54 Å². The second kappa shape index (κ2) is 6.84. The Bertz CT molecular complexity index is 442. The number of hydrogen-bond acceptors (Lipinski definition) is 2.